The highest BCUT2D eigenvalue weighted by atomic mass is 32.1. The predicted molar refractivity (Wildman–Crippen MR) is 107 cm³/mol. The zero-order chi connectivity index (χ0) is 19.2. The highest BCUT2D eigenvalue weighted by molar-refractivity contribution is 7.13. The third-order valence-electron chi connectivity index (χ3n) is 4.85. The Balaban J connectivity index is 1.76. The van der Waals surface area contributed by atoms with Crippen LogP contribution in [0.2, 0.25) is 0 Å². The average molecular weight is 388 g/mol. The number of para-hydroxylation sites is 1. The van der Waals surface area contributed by atoms with E-state index in [2.05, 4.69) is 10.3 Å². The van der Waals surface area contributed by atoms with Crippen LogP contribution in [0.1, 0.15) is 49.4 Å². The lowest BCUT2D eigenvalue weighted by molar-refractivity contribution is -0.127. The van der Waals surface area contributed by atoms with Crippen LogP contribution >= 0.6 is 11.3 Å². The smallest absolute Gasteiger partial charge is 0.341 e. The van der Waals surface area contributed by atoms with Gasteiger partial charge < -0.3 is 10.1 Å². The molecule has 1 aromatic carbocycles. The molecular weight excluding hydrogens is 362 g/mol. The molecule has 1 aromatic heterocycles. The highest BCUT2D eigenvalue weighted by Gasteiger charge is 2.33. The third-order valence-corrected chi connectivity index (χ3v) is 5.62. The number of anilines is 2. The lowest BCUT2D eigenvalue weighted by atomic mass is 9.94. The Labute approximate surface area is 163 Å². The van der Waals surface area contributed by atoms with Gasteiger partial charge in [0.2, 0.25) is 0 Å². The molecule has 7 heteroatoms. The number of hydrogen-bond acceptors (Lipinski definition) is 6. The van der Waals surface area contributed by atoms with E-state index >= 15 is 0 Å². The number of carbonyl (C=O) groups is 2. The van der Waals surface area contributed by atoms with Crippen LogP contribution in [-0.2, 0) is 9.53 Å². The van der Waals surface area contributed by atoms with Crippen LogP contribution in [0.15, 0.2) is 35.8 Å². The van der Waals surface area contributed by atoms with Crippen LogP contribution < -0.4 is 10.2 Å². The molecule has 0 saturated heterocycles. The van der Waals surface area contributed by atoms with Crippen molar-refractivity contribution in [3.63, 3.8) is 0 Å². The van der Waals surface area contributed by atoms with Crippen LogP contribution in [0.3, 0.4) is 0 Å². The lowest BCUT2D eigenvalue weighted by Crippen LogP contribution is -2.47. The van der Waals surface area contributed by atoms with Crippen molar-refractivity contribution in [3.8, 4) is 0 Å². The first-order valence-corrected chi connectivity index (χ1v) is 10.2. The lowest BCUT2D eigenvalue weighted by Gasteiger charge is -2.33. The summed E-state index contributed by atoms with van der Waals surface area (Å²) in [6, 6.07) is 7.21. The first kappa shape index (κ1) is 19.4. The van der Waals surface area contributed by atoms with E-state index in [1.807, 2.05) is 11.4 Å². The summed E-state index contributed by atoms with van der Waals surface area (Å²) in [6.45, 7) is 1.63. The first-order chi connectivity index (χ1) is 13.1. The van der Waals surface area contributed by atoms with Crippen LogP contribution in [-0.4, -0.2) is 36.1 Å². The number of thiazole rings is 1. The Morgan fingerprint density at radius 1 is 1.26 bits per heavy atom. The molecule has 1 heterocycles. The molecule has 1 amide bonds. The van der Waals surface area contributed by atoms with Crippen molar-refractivity contribution in [3.05, 3.63) is 41.4 Å². The van der Waals surface area contributed by atoms with Gasteiger partial charge in [0, 0.05) is 30.4 Å². The second-order valence-corrected chi connectivity index (χ2v) is 7.53. The van der Waals surface area contributed by atoms with Crippen molar-refractivity contribution in [2.24, 2.45) is 0 Å². The van der Waals surface area contributed by atoms with Crippen LogP contribution in [0, 0.1) is 0 Å². The summed E-state index contributed by atoms with van der Waals surface area (Å²) in [7, 11) is 1.74. The number of carbonyl (C=O) groups excluding carboxylic acids is 2. The van der Waals surface area contributed by atoms with E-state index in [1.165, 1.54) is 17.8 Å². The quantitative estimate of drug-likeness (QED) is 0.756. The number of nitrogens with one attached hydrogen (secondary N) is 1. The first-order valence-electron chi connectivity index (χ1n) is 9.32. The van der Waals surface area contributed by atoms with Crippen LogP contribution in [0.5, 0.6) is 0 Å². The normalized spacial score (nSPS) is 15.8. The van der Waals surface area contributed by atoms with E-state index < -0.39 is 12.1 Å². The minimum Gasteiger partial charge on any atom is -0.449 e. The van der Waals surface area contributed by atoms with Gasteiger partial charge >= 0.3 is 5.97 Å². The molecular formula is C20H25N3O3S. The molecule has 6 nitrogen and oxygen atoms in total. The van der Waals surface area contributed by atoms with Gasteiger partial charge in [-0.15, -0.1) is 11.3 Å². The van der Waals surface area contributed by atoms with Gasteiger partial charge in [0.05, 0.1) is 5.56 Å². The van der Waals surface area contributed by atoms with Gasteiger partial charge in [0.25, 0.3) is 5.91 Å². The van der Waals surface area contributed by atoms with Crippen molar-refractivity contribution < 1.29 is 14.3 Å². The molecule has 144 valence electrons. The number of esters is 1. The number of hydrogen-bond donors (Lipinski definition) is 1. The van der Waals surface area contributed by atoms with Gasteiger partial charge in [-0.25, -0.2) is 9.78 Å². The zero-order valence-corrected chi connectivity index (χ0v) is 16.5. The number of amides is 1. The van der Waals surface area contributed by atoms with E-state index in [1.54, 1.807) is 43.3 Å². The summed E-state index contributed by atoms with van der Waals surface area (Å²) in [6.07, 6.45) is 6.12. The third kappa shape index (κ3) is 4.47. The van der Waals surface area contributed by atoms with Crippen LogP contribution in [0.25, 0.3) is 0 Å². The van der Waals surface area contributed by atoms with E-state index in [-0.39, 0.29) is 11.9 Å². The fourth-order valence-corrected chi connectivity index (χ4v) is 4.17. The highest BCUT2D eigenvalue weighted by Crippen LogP contribution is 2.30. The van der Waals surface area contributed by atoms with E-state index in [9.17, 15) is 9.59 Å². The molecule has 0 radical (unpaired) electrons. The summed E-state index contributed by atoms with van der Waals surface area (Å²) in [4.78, 5) is 31.8. The number of benzene rings is 1. The molecule has 1 saturated carbocycles. The number of aromatic nitrogens is 1. The molecule has 1 fully saturated rings. The summed E-state index contributed by atoms with van der Waals surface area (Å²) >= 11 is 1.44. The van der Waals surface area contributed by atoms with Crippen molar-refractivity contribution in [1.82, 2.24) is 4.98 Å². The van der Waals surface area contributed by atoms with Gasteiger partial charge in [-0.1, -0.05) is 31.4 Å². The monoisotopic (exact) mass is 387 g/mol. The second kappa shape index (κ2) is 8.99. The standard InChI is InChI=1S/C20H25N3O3S/c1-14(26-19(25)16-10-6-7-11-17(16)21-2)18(24)23(20-22-12-13-27-20)15-8-4-3-5-9-15/h6-7,10-15,21H,3-5,8-9H2,1-2H3. The van der Waals surface area contributed by atoms with Gasteiger partial charge in [0.1, 0.15) is 0 Å². The zero-order valence-electron chi connectivity index (χ0n) is 15.7. The Morgan fingerprint density at radius 3 is 2.67 bits per heavy atom. The Hall–Kier alpha value is -2.41. The van der Waals surface area contributed by atoms with E-state index in [4.69, 9.17) is 4.74 Å². The van der Waals surface area contributed by atoms with E-state index in [0.29, 0.717) is 16.4 Å². The van der Waals surface area contributed by atoms with Crippen molar-refractivity contribution in [1.29, 1.82) is 0 Å². The number of rotatable bonds is 6. The van der Waals surface area contributed by atoms with Crippen molar-refractivity contribution in [2.75, 3.05) is 17.3 Å². The van der Waals surface area contributed by atoms with Gasteiger partial charge in [-0.3, -0.25) is 9.69 Å². The Bertz CT molecular complexity index is 773. The summed E-state index contributed by atoms with van der Waals surface area (Å²) in [5, 5.41) is 5.50. The predicted octanol–water partition coefficient (Wildman–Crippen LogP) is 4.10. The maximum Gasteiger partial charge on any atom is 0.341 e. The molecule has 1 aliphatic rings. The maximum atomic E-state index is 13.2. The topological polar surface area (TPSA) is 71.5 Å². The molecule has 27 heavy (non-hydrogen) atoms. The molecule has 3 rings (SSSR count). The maximum absolute atomic E-state index is 13.2. The average Bonchev–Trinajstić information content (AvgIpc) is 3.23. The van der Waals surface area contributed by atoms with Gasteiger partial charge in [0.15, 0.2) is 11.2 Å². The SMILES string of the molecule is CNc1ccccc1C(=O)OC(C)C(=O)N(c1nccs1)C1CCCCC1. The minimum atomic E-state index is -0.881. The fraction of sp³-hybridized carbons (Fsp3) is 0.450. The van der Waals surface area contributed by atoms with Crippen molar-refractivity contribution >= 4 is 34.0 Å². The minimum absolute atomic E-state index is 0.114. The largest absolute Gasteiger partial charge is 0.449 e. The van der Waals surface area contributed by atoms with Crippen molar-refractivity contribution in [2.45, 2.75) is 51.2 Å². The van der Waals surface area contributed by atoms with Crippen LogP contribution in [0.4, 0.5) is 10.8 Å². The number of ether oxygens (including phenoxy) is 1. The molecule has 1 unspecified atom stereocenters. The molecule has 0 spiro atoms. The Morgan fingerprint density at radius 2 is 2.00 bits per heavy atom. The second-order valence-electron chi connectivity index (χ2n) is 6.66. The van der Waals surface area contributed by atoms with Gasteiger partial charge in [-0.2, -0.15) is 0 Å². The molecule has 0 bridgehead atoms. The number of nitrogens with zero attached hydrogens (tertiary/aromatic N) is 2. The summed E-state index contributed by atoms with van der Waals surface area (Å²) in [5.74, 6) is -0.726. The van der Waals surface area contributed by atoms with Gasteiger partial charge in [-0.05, 0) is 31.9 Å². The molecule has 0 aliphatic heterocycles. The molecule has 2 aromatic rings. The molecule has 1 aliphatic carbocycles. The molecule has 1 N–H and O–H groups in total. The summed E-state index contributed by atoms with van der Waals surface area (Å²) < 4.78 is 5.52. The molecule has 1 atom stereocenters. The Kier molecular flexibility index (Phi) is 6.45. The fourth-order valence-electron chi connectivity index (χ4n) is 3.45. The van der Waals surface area contributed by atoms with E-state index in [0.717, 1.165) is 25.7 Å². The summed E-state index contributed by atoms with van der Waals surface area (Å²) in [5.41, 5.74) is 1.09.